The van der Waals surface area contributed by atoms with Crippen molar-refractivity contribution in [1.29, 1.82) is 0 Å². The van der Waals surface area contributed by atoms with Gasteiger partial charge in [-0.05, 0) is 35.0 Å². The lowest BCUT2D eigenvalue weighted by molar-refractivity contribution is 0.0954. The summed E-state index contributed by atoms with van der Waals surface area (Å²) in [5.41, 5.74) is 3.41. The number of ether oxygens (including phenoxy) is 2. The molecular weight excluding hydrogens is 320 g/mol. The first kappa shape index (κ1) is 15.0. The van der Waals surface area contributed by atoms with E-state index in [0.29, 0.717) is 22.6 Å². The summed E-state index contributed by atoms with van der Waals surface area (Å²) >= 11 is 0. The van der Waals surface area contributed by atoms with E-state index in [2.05, 4.69) is 10.5 Å². The van der Waals surface area contributed by atoms with Gasteiger partial charge in [0.15, 0.2) is 11.5 Å². The van der Waals surface area contributed by atoms with Crippen LogP contribution in [0.3, 0.4) is 0 Å². The van der Waals surface area contributed by atoms with E-state index in [1.54, 1.807) is 24.3 Å². The minimum atomic E-state index is -0.380. The van der Waals surface area contributed by atoms with Gasteiger partial charge >= 0.3 is 0 Å². The second kappa shape index (κ2) is 6.16. The molecule has 0 bridgehead atoms. The van der Waals surface area contributed by atoms with Crippen molar-refractivity contribution in [3.63, 3.8) is 0 Å². The largest absolute Gasteiger partial charge is 0.507 e. The third-order valence-corrected chi connectivity index (χ3v) is 3.94. The number of fused-ring (bicyclic) bond motifs is 2. The van der Waals surface area contributed by atoms with E-state index in [9.17, 15) is 9.90 Å². The van der Waals surface area contributed by atoms with Crippen molar-refractivity contribution < 1.29 is 19.4 Å². The standard InChI is InChI=1S/C19H14N2O4/c22-16-7-5-12-3-1-2-4-14(12)15(16)10-20-21-19(23)13-6-8-17-18(9-13)25-11-24-17/h1-10,22H,11H2,(H,21,23)/b20-10+. The minimum absolute atomic E-state index is 0.0970. The SMILES string of the molecule is O=C(N/N=C/c1c(O)ccc2ccccc12)c1ccc2c(c1)OCO2. The zero-order valence-corrected chi connectivity index (χ0v) is 13.1. The molecule has 0 aromatic heterocycles. The molecule has 0 saturated carbocycles. The van der Waals surface area contributed by atoms with Crippen LogP contribution < -0.4 is 14.9 Å². The summed E-state index contributed by atoms with van der Waals surface area (Å²) < 4.78 is 10.5. The molecule has 2 N–H and O–H groups in total. The molecular formula is C19H14N2O4. The number of hydrazone groups is 1. The normalized spacial score (nSPS) is 12.6. The van der Waals surface area contributed by atoms with Crippen LogP contribution in [0.4, 0.5) is 0 Å². The van der Waals surface area contributed by atoms with Crippen LogP contribution in [0.1, 0.15) is 15.9 Å². The number of rotatable bonds is 3. The quantitative estimate of drug-likeness (QED) is 0.570. The predicted molar refractivity (Wildman–Crippen MR) is 93.2 cm³/mol. The Morgan fingerprint density at radius 2 is 1.92 bits per heavy atom. The number of hydrogen-bond donors (Lipinski definition) is 2. The van der Waals surface area contributed by atoms with Gasteiger partial charge in [-0.3, -0.25) is 4.79 Å². The Kier molecular flexibility index (Phi) is 3.70. The summed E-state index contributed by atoms with van der Waals surface area (Å²) in [5.74, 6) is 0.859. The Bertz CT molecular complexity index is 998. The van der Waals surface area contributed by atoms with Crippen LogP contribution in [-0.2, 0) is 0 Å². The fraction of sp³-hybridized carbons (Fsp3) is 0.0526. The summed E-state index contributed by atoms with van der Waals surface area (Å²) in [6.45, 7) is 0.152. The Morgan fingerprint density at radius 1 is 1.08 bits per heavy atom. The molecule has 0 atom stereocenters. The monoisotopic (exact) mass is 334 g/mol. The molecule has 3 aromatic carbocycles. The van der Waals surface area contributed by atoms with Crippen molar-refractivity contribution >= 4 is 22.9 Å². The highest BCUT2D eigenvalue weighted by atomic mass is 16.7. The summed E-state index contributed by atoms with van der Waals surface area (Å²) in [4.78, 5) is 12.2. The molecule has 0 aliphatic carbocycles. The van der Waals surface area contributed by atoms with Crippen molar-refractivity contribution in [2.45, 2.75) is 0 Å². The second-order valence-corrected chi connectivity index (χ2v) is 5.49. The smallest absolute Gasteiger partial charge is 0.271 e. The van der Waals surface area contributed by atoms with Crippen LogP contribution in [-0.4, -0.2) is 24.0 Å². The maximum Gasteiger partial charge on any atom is 0.271 e. The summed E-state index contributed by atoms with van der Waals surface area (Å²) in [7, 11) is 0. The van der Waals surface area contributed by atoms with E-state index < -0.39 is 0 Å². The van der Waals surface area contributed by atoms with E-state index >= 15 is 0 Å². The zero-order valence-electron chi connectivity index (χ0n) is 13.1. The lowest BCUT2D eigenvalue weighted by Crippen LogP contribution is -2.17. The third-order valence-electron chi connectivity index (χ3n) is 3.94. The van der Waals surface area contributed by atoms with Crippen molar-refractivity contribution in [2.75, 3.05) is 6.79 Å². The van der Waals surface area contributed by atoms with Gasteiger partial charge in [0.2, 0.25) is 6.79 Å². The molecule has 6 heteroatoms. The average Bonchev–Trinajstić information content (AvgIpc) is 3.11. The van der Waals surface area contributed by atoms with E-state index in [4.69, 9.17) is 9.47 Å². The molecule has 0 spiro atoms. The molecule has 0 radical (unpaired) electrons. The maximum absolute atomic E-state index is 12.2. The first-order valence-electron chi connectivity index (χ1n) is 7.66. The Hall–Kier alpha value is -3.54. The van der Waals surface area contributed by atoms with Crippen LogP contribution in [0.5, 0.6) is 17.2 Å². The first-order valence-corrected chi connectivity index (χ1v) is 7.66. The van der Waals surface area contributed by atoms with Gasteiger partial charge in [0.1, 0.15) is 5.75 Å². The fourth-order valence-electron chi connectivity index (χ4n) is 2.68. The number of nitrogens with zero attached hydrogens (tertiary/aromatic N) is 1. The van der Waals surface area contributed by atoms with E-state index in [0.717, 1.165) is 10.8 Å². The lowest BCUT2D eigenvalue weighted by atomic mass is 10.0. The fourth-order valence-corrected chi connectivity index (χ4v) is 2.68. The number of benzene rings is 3. The van der Waals surface area contributed by atoms with Gasteiger partial charge in [0.25, 0.3) is 5.91 Å². The van der Waals surface area contributed by atoms with Crippen LogP contribution in [0.2, 0.25) is 0 Å². The molecule has 1 aliphatic rings. The van der Waals surface area contributed by atoms with E-state index in [-0.39, 0.29) is 18.4 Å². The molecule has 6 nitrogen and oxygen atoms in total. The molecule has 0 saturated heterocycles. The highest BCUT2D eigenvalue weighted by Gasteiger charge is 2.15. The number of amides is 1. The summed E-state index contributed by atoms with van der Waals surface area (Å²) in [6, 6.07) is 16.0. The van der Waals surface area contributed by atoms with Crippen LogP contribution in [0.25, 0.3) is 10.8 Å². The van der Waals surface area contributed by atoms with Crippen molar-refractivity contribution in [2.24, 2.45) is 5.10 Å². The Morgan fingerprint density at radius 3 is 2.84 bits per heavy atom. The Labute approximate surface area is 143 Å². The molecule has 25 heavy (non-hydrogen) atoms. The van der Waals surface area contributed by atoms with Gasteiger partial charge in [-0.15, -0.1) is 0 Å². The summed E-state index contributed by atoms with van der Waals surface area (Å²) in [5, 5.41) is 15.9. The maximum atomic E-state index is 12.2. The minimum Gasteiger partial charge on any atom is -0.507 e. The number of carbonyl (C=O) groups excluding carboxylic acids is 1. The lowest BCUT2D eigenvalue weighted by Gasteiger charge is -2.05. The predicted octanol–water partition coefficient (Wildman–Crippen LogP) is 3.04. The van der Waals surface area contributed by atoms with Crippen molar-refractivity contribution in [3.8, 4) is 17.2 Å². The molecule has 1 aliphatic heterocycles. The number of nitrogens with one attached hydrogen (secondary N) is 1. The number of carbonyl (C=O) groups is 1. The van der Waals surface area contributed by atoms with Gasteiger partial charge in [-0.1, -0.05) is 30.3 Å². The van der Waals surface area contributed by atoms with E-state index in [1.807, 2.05) is 30.3 Å². The van der Waals surface area contributed by atoms with Gasteiger partial charge in [-0.25, -0.2) is 5.43 Å². The highest BCUT2D eigenvalue weighted by Crippen LogP contribution is 2.32. The molecule has 0 unspecified atom stereocenters. The number of hydrogen-bond acceptors (Lipinski definition) is 5. The topological polar surface area (TPSA) is 80.2 Å². The molecule has 0 fully saturated rings. The molecule has 1 heterocycles. The molecule has 3 aromatic rings. The van der Waals surface area contributed by atoms with Crippen LogP contribution in [0, 0.1) is 0 Å². The van der Waals surface area contributed by atoms with Gasteiger partial charge in [-0.2, -0.15) is 5.10 Å². The molecule has 124 valence electrons. The highest BCUT2D eigenvalue weighted by molar-refractivity contribution is 6.03. The number of aromatic hydroxyl groups is 1. The molecule has 4 rings (SSSR count). The number of phenolic OH excluding ortho intramolecular Hbond substituents is 1. The van der Waals surface area contributed by atoms with Crippen LogP contribution >= 0.6 is 0 Å². The van der Waals surface area contributed by atoms with E-state index in [1.165, 1.54) is 6.21 Å². The van der Waals surface area contributed by atoms with Gasteiger partial charge in [0, 0.05) is 11.1 Å². The van der Waals surface area contributed by atoms with Crippen molar-refractivity contribution in [1.82, 2.24) is 5.43 Å². The van der Waals surface area contributed by atoms with Gasteiger partial charge < -0.3 is 14.6 Å². The van der Waals surface area contributed by atoms with Gasteiger partial charge in [0.05, 0.1) is 6.21 Å². The summed E-state index contributed by atoms with van der Waals surface area (Å²) in [6.07, 6.45) is 1.43. The van der Waals surface area contributed by atoms with Crippen LogP contribution in [0.15, 0.2) is 59.7 Å². The molecule has 1 amide bonds. The van der Waals surface area contributed by atoms with Crippen molar-refractivity contribution in [3.05, 3.63) is 65.7 Å². The third kappa shape index (κ3) is 2.85. The average molecular weight is 334 g/mol. The number of phenols is 1. The Balaban J connectivity index is 1.55. The second-order valence-electron chi connectivity index (χ2n) is 5.49. The zero-order chi connectivity index (χ0) is 17.2. The first-order chi connectivity index (χ1) is 12.2.